The zero-order valence-electron chi connectivity index (χ0n) is 12.7. The molecule has 1 N–H and O–H groups in total. The van der Waals surface area contributed by atoms with E-state index < -0.39 is 5.54 Å². The maximum Gasteiger partial charge on any atom is 0.326 e. The Kier molecular flexibility index (Phi) is 5.31. The van der Waals surface area contributed by atoms with Crippen molar-refractivity contribution >= 4 is 5.97 Å². The number of esters is 1. The SMILES string of the molecule is CCOC(=O)C(C)(Cc1cccc(F)c1)N1CCNCC1. The third-order valence-corrected chi connectivity index (χ3v) is 3.97. The molecule has 1 aliphatic heterocycles. The van der Waals surface area contributed by atoms with Gasteiger partial charge in [-0.15, -0.1) is 0 Å². The van der Waals surface area contributed by atoms with E-state index >= 15 is 0 Å². The van der Waals surface area contributed by atoms with Gasteiger partial charge >= 0.3 is 5.97 Å². The standard InChI is InChI=1S/C16H23FN2O2/c1-3-21-15(20)16(2,19-9-7-18-8-10-19)12-13-5-4-6-14(17)11-13/h4-6,11,18H,3,7-10,12H2,1-2H3. The molecule has 1 aliphatic rings. The van der Waals surface area contributed by atoms with E-state index in [1.165, 1.54) is 12.1 Å². The lowest BCUT2D eigenvalue weighted by Gasteiger charge is -2.41. The second-order valence-electron chi connectivity index (χ2n) is 5.54. The van der Waals surface area contributed by atoms with Crippen molar-refractivity contribution in [2.45, 2.75) is 25.8 Å². The summed E-state index contributed by atoms with van der Waals surface area (Å²) in [6.45, 7) is 7.30. The third kappa shape index (κ3) is 3.80. The van der Waals surface area contributed by atoms with Crippen LogP contribution in [0.25, 0.3) is 0 Å². The van der Waals surface area contributed by atoms with E-state index in [0.29, 0.717) is 13.0 Å². The van der Waals surface area contributed by atoms with Gasteiger partial charge in [-0.05, 0) is 31.5 Å². The minimum Gasteiger partial charge on any atom is -0.465 e. The second-order valence-corrected chi connectivity index (χ2v) is 5.54. The van der Waals surface area contributed by atoms with Crippen molar-refractivity contribution in [1.29, 1.82) is 0 Å². The van der Waals surface area contributed by atoms with E-state index in [1.807, 2.05) is 13.0 Å². The van der Waals surface area contributed by atoms with Crippen LogP contribution in [0.4, 0.5) is 4.39 Å². The van der Waals surface area contributed by atoms with Crippen LogP contribution in [0.5, 0.6) is 0 Å². The van der Waals surface area contributed by atoms with E-state index in [4.69, 9.17) is 4.74 Å². The van der Waals surface area contributed by atoms with Gasteiger partial charge in [0.2, 0.25) is 0 Å². The van der Waals surface area contributed by atoms with Crippen LogP contribution in [0.15, 0.2) is 24.3 Å². The van der Waals surface area contributed by atoms with Crippen LogP contribution in [0.2, 0.25) is 0 Å². The molecule has 0 aliphatic carbocycles. The molecule has 1 aromatic carbocycles. The summed E-state index contributed by atoms with van der Waals surface area (Å²) in [6, 6.07) is 6.42. The number of piperazine rings is 1. The van der Waals surface area contributed by atoms with Crippen molar-refractivity contribution < 1.29 is 13.9 Å². The zero-order chi connectivity index (χ0) is 15.3. The largest absolute Gasteiger partial charge is 0.465 e. The van der Waals surface area contributed by atoms with Gasteiger partial charge in [0, 0.05) is 32.6 Å². The molecule has 1 saturated heterocycles. The summed E-state index contributed by atoms with van der Waals surface area (Å²) in [4.78, 5) is 14.6. The topological polar surface area (TPSA) is 41.6 Å². The number of hydrogen-bond donors (Lipinski definition) is 1. The minimum atomic E-state index is -0.758. The predicted molar refractivity (Wildman–Crippen MR) is 79.6 cm³/mol. The number of ether oxygens (including phenoxy) is 1. The number of rotatable bonds is 5. The van der Waals surface area contributed by atoms with Crippen molar-refractivity contribution in [3.05, 3.63) is 35.6 Å². The number of hydrogen-bond acceptors (Lipinski definition) is 4. The molecule has 116 valence electrons. The quantitative estimate of drug-likeness (QED) is 0.838. The highest BCUT2D eigenvalue weighted by Crippen LogP contribution is 2.24. The fraction of sp³-hybridized carbons (Fsp3) is 0.562. The van der Waals surface area contributed by atoms with Gasteiger partial charge in [0.1, 0.15) is 11.4 Å². The Morgan fingerprint density at radius 2 is 2.14 bits per heavy atom. The van der Waals surface area contributed by atoms with Gasteiger partial charge < -0.3 is 10.1 Å². The van der Waals surface area contributed by atoms with E-state index in [2.05, 4.69) is 10.2 Å². The second kappa shape index (κ2) is 7.00. The van der Waals surface area contributed by atoms with Crippen LogP contribution < -0.4 is 5.32 Å². The average Bonchev–Trinajstić information content (AvgIpc) is 2.48. The van der Waals surface area contributed by atoms with Crippen molar-refractivity contribution in [2.24, 2.45) is 0 Å². The fourth-order valence-corrected chi connectivity index (χ4v) is 2.80. The van der Waals surface area contributed by atoms with Crippen molar-refractivity contribution in [1.82, 2.24) is 10.2 Å². The molecule has 2 rings (SSSR count). The highest BCUT2D eigenvalue weighted by molar-refractivity contribution is 5.81. The molecule has 1 unspecified atom stereocenters. The third-order valence-electron chi connectivity index (χ3n) is 3.97. The number of nitrogens with one attached hydrogen (secondary N) is 1. The Bertz CT molecular complexity index is 489. The lowest BCUT2D eigenvalue weighted by molar-refractivity contribution is -0.157. The summed E-state index contributed by atoms with van der Waals surface area (Å²) < 4.78 is 18.7. The number of benzene rings is 1. The van der Waals surface area contributed by atoms with Gasteiger partial charge in [-0.1, -0.05) is 12.1 Å². The normalized spacial score (nSPS) is 19.0. The summed E-state index contributed by atoms with van der Waals surface area (Å²) >= 11 is 0. The molecule has 0 bridgehead atoms. The molecule has 1 fully saturated rings. The summed E-state index contributed by atoms with van der Waals surface area (Å²) in [7, 11) is 0. The molecule has 0 radical (unpaired) electrons. The Hall–Kier alpha value is -1.46. The van der Waals surface area contributed by atoms with E-state index in [1.54, 1.807) is 13.0 Å². The van der Waals surface area contributed by atoms with Gasteiger partial charge in [0.05, 0.1) is 6.61 Å². The Morgan fingerprint density at radius 1 is 1.43 bits per heavy atom. The summed E-state index contributed by atoms with van der Waals surface area (Å²) in [5.41, 5.74) is 0.0513. The summed E-state index contributed by atoms with van der Waals surface area (Å²) in [6.07, 6.45) is 0.448. The highest BCUT2D eigenvalue weighted by atomic mass is 19.1. The van der Waals surface area contributed by atoms with Crippen LogP contribution in [0.1, 0.15) is 19.4 Å². The molecule has 1 heterocycles. The lowest BCUT2D eigenvalue weighted by Crippen LogP contribution is -2.60. The molecule has 0 saturated carbocycles. The molecular formula is C16H23FN2O2. The first-order valence-corrected chi connectivity index (χ1v) is 7.43. The molecular weight excluding hydrogens is 271 g/mol. The number of nitrogens with zero attached hydrogens (tertiary/aromatic N) is 1. The highest BCUT2D eigenvalue weighted by Gasteiger charge is 2.41. The molecule has 4 nitrogen and oxygen atoms in total. The average molecular weight is 294 g/mol. The van der Waals surface area contributed by atoms with Gasteiger partial charge in [-0.2, -0.15) is 0 Å². The molecule has 0 aromatic heterocycles. The van der Waals surface area contributed by atoms with Crippen LogP contribution in [0, 0.1) is 5.82 Å². The molecule has 1 aromatic rings. The Balaban J connectivity index is 2.24. The van der Waals surface area contributed by atoms with Gasteiger partial charge in [-0.3, -0.25) is 9.69 Å². The van der Waals surface area contributed by atoms with E-state index in [0.717, 1.165) is 31.7 Å². The van der Waals surface area contributed by atoms with E-state index in [-0.39, 0.29) is 11.8 Å². The van der Waals surface area contributed by atoms with E-state index in [9.17, 15) is 9.18 Å². The molecule has 21 heavy (non-hydrogen) atoms. The number of carbonyl (C=O) groups excluding carboxylic acids is 1. The van der Waals surface area contributed by atoms with Crippen molar-refractivity contribution in [2.75, 3.05) is 32.8 Å². The molecule has 0 spiro atoms. The first-order chi connectivity index (χ1) is 10.1. The first kappa shape index (κ1) is 15.9. The maximum atomic E-state index is 13.4. The Morgan fingerprint density at radius 3 is 2.76 bits per heavy atom. The smallest absolute Gasteiger partial charge is 0.326 e. The van der Waals surface area contributed by atoms with Gasteiger partial charge in [-0.25, -0.2) is 4.39 Å². The summed E-state index contributed by atoms with van der Waals surface area (Å²) in [5, 5.41) is 3.28. The lowest BCUT2D eigenvalue weighted by atomic mass is 9.90. The number of carbonyl (C=O) groups is 1. The van der Waals surface area contributed by atoms with Crippen LogP contribution >= 0.6 is 0 Å². The maximum absolute atomic E-state index is 13.4. The predicted octanol–water partition coefficient (Wildman–Crippen LogP) is 1.60. The molecule has 5 heteroatoms. The van der Waals surface area contributed by atoms with Crippen molar-refractivity contribution in [3.63, 3.8) is 0 Å². The van der Waals surface area contributed by atoms with Crippen LogP contribution in [0.3, 0.4) is 0 Å². The van der Waals surface area contributed by atoms with Crippen LogP contribution in [-0.4, -0.2) is 49.2 Å². The van der Waals surface area contributed by atoms with Crippen molar-refractivity contribution in [3.8, 4) is 0 Å². The Labute approximate surface area is 125 Å². The summed E-state index contributed by atoms with van der Waals surface area (Å²) in [5.74, 6) is -0.518. The first-order valence-electron chi connectivity index (χ1n) is 7.43. The van der Waals surface area contributed by atoms with Gasteiger partial charge in [0.25, 0.3) is 0 Å². The monoisotopic (exact) mass is 294 g/mol. The minimum absolute atomic E-state index is 0.240. The zero-order valence-corrected chi connectivity index (χ0v) is 12.7. The van der Waals surface area contributed by atoms with Gasteiger partial charge in [0.15, 0.2) is 0 Å². The molecule has 1 atom stereocenters. The fourth-order valence-electron chi connectivity index (χ4n) is 2.80. The molecule has 0 amide bonds. The van der Waals surface area contributed by atoms with Crippen LogP contribution in [-0.2, 0) is 16.0 Å². The number of halogens is 1.